The molecular weight excluding hydrogens is 357 g/mol. The van der Waals surface area contributed by atoms with Crippen molar-refractivity contribution in [3.05, 3.63) is 57.5 Å². The Balaban J connectivity index is 1.52. The number of aromatic nitrogens is 2. The van der Waals surface area contributed by atoms with Crippen LogP contribution in [0, 0.1) is 5.82 Å². The van der Waals surface area contributed by atoms with Gasteiger partial charge in [-0.3, -0.25) is 4.79 Å². The van der Waals surface area contributed by atoms with E-state index in [0.717, 1.165) is 30.0 Å². The Morgan fingerprint density at radius 3 is 2.92 bits per heavy atom. The van der Waals surface area contributed by atoms with Crippen molar-refractivity contribution >= 4 is 28.6 Å². The molecule has 3 heterocycles. The maximum Gasteiger partial charge on any atom is 0.254 e. The number of nitrogens with zero attached hydrogens (tertiary/aromatic N) is 3. The van der Waals surface area contributed by atoms with Crippen LogP contribution in [0.2, 0.25) is 0 Å². The largest absolute Gasteiger partial charge is 0.338 e. The van der Waals surface area contributed by atoms with Crippen LogP contribution in [0.15, 0.2) is 41.1 Å². The van der Waals surface area contributed by atoms with Gasteiger partial charge in [0.15, 0.2) is 5.01 Å². The molecule has 0 radical (unpaired) electrons. The Morgan fingerprint density at radius 1 is 1.24 bits per heavy atom. The van der Waals surface area contributed by atoms with Crippen LogP contribution in [0.1, 0.15) is 34.1 Å². The zero-order chi connectivity index (χ0) is 17.2. The fourth-order valence-electron chi connectivity index (χ4n) is 3.07. The summed E-state index contributed by atoms with van der Waals surface area (Å²) in [6, 6.07) is 8.46. The summed E-state index contributed by atoms with van der Waals surface area (Å²) < 4.78 is 13.9. The number of carbonyl (C=O) groups excluding carboxylic acids is 1. The van der Waals surface area contributed by atoms with E-state index in [0.29, 0.717) is 17.1 Å². The molecular formula is C18H16FN3OS2. The number of likely N-dealkylation sites (tertiary alicyclic amines) is 1. The van der Waals surface area contributed by atoms with Gasteiger partial charge in [0.05, 0.1) is 5.56 Å². The van der Waals surface area contributed by atoms with Gasteiger partial charge < -0.3 is 4.90 Å². The molecule has 0 bridgehead atoms. The molecule has 1 atom stereocenters. The molecule has 1 fully saturated rings. The highest BCUT2D eigenvalue weighted by molar-refractivity contribution is 7.14. The monoisotopic (exact) mass is 373 g/mol. The van der Waals surface area contributed by atoms with E-state index < -0.39 is 0 Å². The van der Waals surface area contributed by atoms with E-state index in [2.05, 4.69) is 10.2 Å². The van der Waals surface area contributed by atoms with E-state index in [9.17, 15) is 9.18 Å². The molecule has 1 amide bonds. The minimum Gasteiger partial charge on any atom is -0.338 e. The average molecular weight is 373 g/mol. The summed E-state index contributed by atoms with van der Waals surface area (Å²) >= 11 is 2.95. The normalized spacial score (nSPS) is 17.6. The van der Waals surface area contributed by atoms with Gasteiger partial charge in [-0.05, 0) is 36.4 Å². The van der Waals surface area contributed by atoms with Gasteiger partial charge in [0, 0.05) is 30.0 Å². The van der Waals surface area contributed by atoms with Crippen LogP contribution < -0.4 is 0 Å². The standard InChI is InChI=1S/C18H16FN3OS2/c19-15-6-2-1-5-14(15)17-21-20-16(25-17)12-4-3-8-22(10-12)18(23)13-7-9-24-11-13/h1-2,5-7,9,11-12H,3-4,8,10H2/t12-/m0/s1. The molecule has 1 aliphatic rings. The number of hydrogen-bond donors (Lipinski definition) is 0. The maximum atomic E-state index is 13.9. The van der Waals surface area contributed by atoms with Gasteiger partial charge in [-0.1, -0.05) is 23.5 Å². The lowest BCUT2D eigenvalue weighted by Crippen LogP contribution is -2.38. The van der Waals surface area contributed by atoms with Crippen LogP contribution in [0.5, 0.6) is 0 Å². The van der Waals surface area contributed by atoms with E-state index in [1.54, 1.807) is 18.2 Å². The zero-order valence-electron chi connectivity index (χ0n) is 13.4. The summed E-state index contributed by atoms with van der Waals surface area (Å²) in [5.74, 6) is -0.0535. The second kappa shape index (κ2) is 7.01. The SMILES string of the molecule is O=C(c1ccsc1)N1CCC[C@H](c2nnc(-c3ccccc3F)s2)C1. The Labute approximate surface area is 153 Å². The maximum absolute atomic E-state index is 13.9. The molecule has 2 aromatic heterocycles. The van der Waals surface area contributed by atoms with Crippen molar-refractivity contribution in [2.75, 3.05) is 13.1 Å². The first-order valence-electron chi connectivity index (χ1n) is 8.12. The number of rotatable bonds is 3. The lowest BCUT2D eigenvalue weighted by molar-refractivity contribution is 0.0707. The topological polar surface area (TPSA) is 46.1 Å². The summed E-state index contributed by atoms with van der Waals surface area (Å²) in [5.41, 5.74) is 1.23. The minimum absolute atomic E-state index is 0.0739. The molecule has 0 N–H and O–H groups in total. The summed E-state index contributed by atoms with van der Waals surface area (Å²) in [6.07, 6.45) is 1.91. The number of amides is 1. The quantitative estimate of drug-likeness (QED) is 0.682. The summed E-state index contributed by atoms with van der Waals surface area (Å²) in [6.45, 7) is 1.41. The number of benzene rings is 1. The van der Waals surface area contributed by atoms with Crippen LogP contribution in [0.25, 0.3) is 10.6 Å². The van der Waals surface area contributed by atoms with E-state index in [-0.39, 0.29) is 17.6 Å². The molecule has 7 heteroatoms. The van der Waals surface area contributed by atoms with Crippen molar-refractivity contribution in [1.29, 1.82) is 0 Å². The van der Waals surface area contributed by atoms with Crippen LogP contribution in [-0.2, 0) is 0 Å². The van der Waals surface area contributed by atoms with Crippen molar-refractivity contribution < 1.29 is 9.18 Å². The lowest BCUT2D eigenvalue weighted by Gasteiger charge is -2.31. The van der Waals surface area contributed by atoms with E-state index in [1.807, 2.05) is 21.7 Å². The predicted molar refractivity (Wildman–Crippen MR) is 97.5 cm³/mol. The molecule has 0 saturated carbocycles. The number of thiophene rings is 1. The summed E-state index contributed by atoms with van der Waals surface area (Å²) in [5, 5.41) is 13.7. The molecule has 1 aromatic carbocycles. The number of piperidine rings is 1. The van der Waals surface area contributed by atoms with Crippen molar-refractivity contribution in [2.24, 2.45) is 0 Å². The molecule has 0 aliphatic carbocycles. The van der Waals surface area contributed by atoms with Crippen molar-refractivity contribution in [3.63, 3.8) is 0 Å². The third-order valence-electron chi connectivity index (χ3n) is 4.37. The smallest absolute Gasteiger partial charge is 0.254 e. The van der Waals surface area contributed by atoms with Gasteiger partial charge >= 0.3 is 0 Å². The molecule has 4 nitrogen and oxygen atoms in total. The fourth-order valence-corrected chi connectivity index (χ4v) is 4.70. The van der Waals surface area contributed by atoms with E-state index in [4.69, 9.17) is 0 Å². The molecule has 25 heavy (non-hydrogen) atoms. The number of halogens is 1. The van der Waals surface area contributed by atoms with Crippen LogP contribution >= 0.6 is 22.7 Å². The van der Waals surface area contributed by atoms with Gasteiger partial charge in [0.1, 0.15) is 10.8 Å². The van der Waals surface area contributed by atoms with Crippen molar-refractivity contribution in [1.82, 2.24) is 15.1 Å². The highest BCUT2D eigenvalue weighted by atomic mass is 32.1. The Kier molecular flexibility index (Phi) is 4.59. The molecule has 1 saturated heterocycles. The van der Waals surface area contributed by atoms with Gasteiger partial charge in [0.2, 0.25) is 0 Å². The minimum atomic E-state index is -0.289. The first-order valence-corrected chi connectivity index (χ1v) is 9.88. The summed E-state index contributed by atoms with van der Waals surface area (Å²) in [4.78, 5) is 14.4. The van der Waals surface area contributed by atoms with Gasteiger partial charge in [-0.25, -0.2) is 4.39 Å². The predicted octanol–water partition coefficient (Wildman–Crippen LogP) is 4.43. The van der Waals surface area contributed by atoms with E-state index in [1.165, 1.54) is 28.7 Å². The molecule has 0 unspecified atom stereocenters. The number of hydrogen-bond acceptors (Lipinski definition) is 5. The highest BCUT2D eigenvalue weighted by Crippen LogP contribution is 2.33. The Hall–Kier alpha value is -2.12. The van der Waals surface area contributed by atoms with Gasteiger partial charge in [-0.2, -0.15) is 11.3 Å². The van der Waals surface area contributed by atoms with Gasteiger partial charge in [-0.15, -0.1) is 10.2 Å². The second-order valence-electron chi connectivity index (χ2n) is 6.03. The molecule has 4 rings (SSSR count). The molecule has 128 valence electrons. The Morgan fingerprint density at radius 2 is 2.12 bits per heavy atom. The molecule has 3 aromatic rings. The Bertz CT molecular complexity index is 878. The lowest BCUT2D eigenvalue weighted by atomic mass is 9.98. The first-order chi connectivity index (χ1) is 12.2. The highest BCUT2D eigenvalue weighted by Gasteiger charge is 2.28. The third kappa shape index (κ3) is 3.34. The molecule has 0 spiro atoms. The zero-order valence-corrected chi connectivity index (χ0v) is 15.0. The first kappa shape index (κ1) is 16.4. The number of carbonyl (C=O) groups is 1. The van der Waals surface area contributed by atoms with Crippen LogP contribution in [0.4, 0.5) is 4.39 Å². The average Bonchev–Trinajstić information content (AvgIpc) is 3.34. The van der Waals surface area contributed by atoms with Crippen LogP contribution in [0.3, 0.4) is 0 Å². The van der Waals surface area contributed by atoms with Crippen molar-refractivity contribution in [2.45, 2.75) is 18.8 Å². The summed E-state index contributed by atoms with van der Waals surface area (Å²) in [7, 11) is 0. The fraction of sp³-hybridized carbons (Fsp3) is 0.278. The molecule has 1 aliphatic heterocycles. The van der Waals surface area contributed by atoms with Crippen LogP contribution in [-0.4, -0.2) is 34.1 Å². The third-order valence-corrected chi connectivity index (χ3v) is 6.17. The van der Waals surface area contributed by atoms with E-state index >= 15 is 0 Å². The van der Waals surface area contributed by atoms with Gasteiger partial charge in [0.25, 0.3) is 5.91 Å². The van der Waals surface area contributed by atoms with Crippen molar-refractivity contribution in [3.8, 4) is 10.6 Å². The second-order valence-corrected chi connectivity index (χ2v) is 7.82.